The summed E-state index contributed by atoms with van der Waals surface area (Å²) < 4.78 is 0. The van der Waals surface area contributed by atoms with E-state index in [1.165, 1.54) is 12.8 Å². The van der Waals surface area contributed by atoms with Crippen molar-refractivity contribution >= 4 is 5.91 Å². The van der Waals surface area contributed by atoms with Gasteiger partial charge in [-0.05, 0) is 32.2 Å². The first-order valence-electron chi connectivity index (χ1n) is 6.43. The van der Waals surface area contributed by atoms with Gasteiger partial charge in [0.15, 0.2) is 0 Å². The first-order valence-corrected chi connectivity index (χ1v) is 6.43. The number of hydrogen-bond donors (Lipinski definition) is 2. The predicted molar refractivity (Wildman–Crippen MR) is 66.1 cm³/mol. The van der Waals surface area contributed by atoms with Gasteiger partial charge >= 0.3 is 0 Å². The van der Waals surface area contributed by atoms with E-state index in [0.29, 0.717) is 31.6 Å². The lowest BCUT2D eigenvalue weighted by Crippen LogP contribution is -2.52. The van der Waals surface area contributed by atoms with Crippen molar-refractivity contribution in [2.24, 2.45) is 11.7 Å². The van der Waals surface area contributed by atoms with Crippen LogP contribution < -0.4 is 11.1 Å². The van der Waals surface area contributed by atoms with E-state index in [4.69, 9.17) is 5.73 Å². The van der Waals surface area contributed by atoms with Gasteiger partial charge in [0, 0.05) is 19.1 Å². The molecule has 1 fully saturated rings. The molecule has 94 valence electrons. The Labute approximate surface area is 98.6 Å². The molecule has 0 aliphatic carbocycles. The van der Waals surface area contributed by atoms with Crippen LogP contribution in [0, 0.1) is 5.92 Å². The van der Waals surface area contributed by atoms with Crippen LogP contribution in [0.25, 0.3) is 0 Å². The van der Waals surface area contributed by atoms with Crippen molar-refractivity contribution < 1.29 is 4.79 Å². The van der Waals surface area contributed by atoms with E-state index in [2.05, 4.69) is 17.1 Å². The fourth-order valence-corrected chi connectivity index (χ4v) is 2.66. The predicted octanol–water partition coefficient (Wildman–Crippen LogP) is 0.572. The van der Waals surface area contributed by atoms with Gasteiger partial charge in [-0.1, -0.05) is 13.3 Å². The van der Waals surface area contributed by atoms with Crippen molar-refractivity contribution in [2.45, 2.75) is 39.2 Å². The molecule has 2 unspecified atom stereocenters. The Morgan fingerprint density at radius 1 is 1.50 bits per heavy atom. The van der Waals surface area contributed by atoms with E-state index in [-0.39, 0.29) is 5.91 Å². The molecule has 1 saturated heterocycles. The SMILES string of the molecule is CCNC(=O)CN1CCCC(CC)C1CN. The van der Waals surface area contributed by atoms with E-state index in [0.717, 1.165) is 13.0 Å². The lowest BCUT2D eigenvalue weighted by Gasteiger charge is -2.40. The molecule has 1 amide bonds. The molecule has 0 radical (unpaired) electrons. The molecule has 1 aliphatic heterocycles. The first-order chi connectivity index (χ1) is 7.72. The highest BCUT2D eigenvalue weighted by atomic mass is 16.2. The fourth-order valence-electron chi connectivity index (χ4n) is 2.66. The third-order valence-electron chi connectivity index (χ3n) is 3.52. The van der Waals surface area contributed by atoms with Crippen molar-refractivity contribution in [3.63, 3.8) is 0 Å². The Kier molecular flexibility index (Phi) is 5.77. The number of hydrogen-bond acceptors (Lipinski definition) is 3. The molecule has 3 N–H and O–H groups in total. The minimum Gasteiger partial charge on any atom is -0.355 e. The molecule has 0 bridgehead atoms. The Bertz CT molecular complexity index is 220. The highest BCUT2D eigenvalue weighted by Gasteiger charge is 2.29. The second kappa shape index (κ2) is 6.86. The number of likely N-dealkylation sites (tertiary alicyclic amines) is 1. The third-order valence-corrected chi connectivity index (χ3v) is 3.52. The van der Waals surface area contributed by atoms with Gasteiger partial charge in [0.25, 0.3) is 0 Å². The quantitative estimate of drug-likeness (QED) is 0.722. The molecular weight excluding hydrogens is 202 g/mol. The molecule has 4 nitrogen and oxygen atoms in total. The summed E-state index contributed by atoms with van der Waals surface area (Å²) in [4.78, 5) is 13.8. The Hall–Kier alpha value is -0.610. The fraction of sp³-hybridized carbons (Fsp3) is 0.917. The Morgan fingerprint density at radius 2 is 2.25 bits per heavy atom. The molecule has 4 heteroatoms. The van der Waals surface area contributed by atoms with Crippen molar-refractivity contribution in [2.75, 3.05) is 26.2 Å². The molecular formula is C12H25N3O. The third kappa shape index (κ3) is 3.46. The molecule has 0 aromatic heterocycles. The van der Waals surface area contributed by atoms with Crippen LogP contribution in [0.4, 0.5) is 0 Å². The number of likely N-dealkylation sites (N-methyl/N-ethyl adjacent to an activating group) is 1. The zero-order valence-electron chi connectivity index (χ0n) is 10.5. The van der Waals surface area contributed by atoms with Crippen LogP contribution in [0.3, 0.4) is 0 Å². The molecule has 0 saturated carbocycles. The zero-order chi connectivity index (χ0) is 12.0. The van der Waals surface area contributed by atoms with Crippen LogP contribution in [0.5, 0.6) is 0 Å². The monoisotopic (exact) mass is 227 g/mol. The van der Waals surface area contributed by atoms with Crippen LogP contribution in [-0.2, 0) is 4.79 Å². The van der Waals surface area contributed by atoms with E-state index in [1.807, 2.05) is 6.92 Å². The number of nitrogens with two attached hydrogens (primary N) is 1. The van der Waals surface area contributed by atoms with Gasteiger partial charge in [0.05, 0.1) is 6.54 Å². The van der Waals surface area contributed by atoms with Crippen molar-refractivity contribution in [1.29, 1.82) is 0 Å². The number of rotatable bonds is 5. The largest absolute Gasteiger partial charge is 0.355 e. The van der Waals surface area contributed by atoms with Crippen molar-refractivity contribution in [1.82, 2.24) is 10.2 Å². The van der Waals surface area contributed by atoms with E-state index in [9.17, 15) is 4.79 Å². The molecule has 2 atom stereocenters. The minimum atomic E-state index is 0.123. The van der Waals surface area contributed by atoms with E-state index in [1.54, 1.807) is 0 Å². The summed E-state index contributed by atoms with van der Waals surface area (Å²) in [7, 11) is 0. The summed E-state index contributed by atoms with van der Waals surface area (Å²) >= 11 is 0. The summed E-state index contributed by atoms with van der Waals surface area (Å²) in [6.45, 7) is 7.04. The van der Waals surface area contributed by atoms with Gasteiger partial charge in [-0.15, -0.1) is 0 Å². The number of carbonyl (C=O) groups is 1. The maximum absolute atomic E-state index is 11.6. The Balaban J connectivity index is 2.52. The van der Waals surface area contributed by atoms with Gasteiger partial charge in [0.1, 0.15) is 0 Å². The number of nitrogens with one attached hydrogen (secondary N) is 1. The lowest BCUT2D eigenvalue weighted by atomic mass is 9.87. The van der Waals surface area contributed by atoms with Crippen LogP contribution in [-0.4, -0.2) is 43.0 Å². The molecule has 1 rings (SSSR count). The Morgan fingerprint density at radius 3 is 2.81 bits per heavy atom. The van der Waals surface area contributed by atoms with Crippen molar-refractivity contribution in [3.8, 4) is 0 Å². The van der Waals surface area contributed by atoms with Crippen LogP contribution in [0.1, 0.15) is 33.1 Å². The summed E-state index contributed by atoms with van der Waals surface area (Å²) in [5, 5.41) is 2.85. The average molecular weight is 227 g/mol. The summed E-state index contributed by atoms with van der Waals surface area (Å²) in [5.41, 5.74) is 5.84. The van der Waals surface area contributed by atoms with Crippen LogP contribution in [0.2, 0.25) is 0 Å². The number of amides is 1. The summed E-state index contributed by atoms with van der Waals surface area (Å²) in [6.07, 6.45) is 3.60. The first kappa shape index (κ1) is 13.5. The highest BCUT2D eigenvalue weighted by molar-refractivity contribution is 5.78. The van der Waals surface area contributed by atoms with Gasteiger partial charge in [-0.3, -0.25) is 9.69 Å². The van der Waals surface area contributed by atoms with E-state index >= 15 is 0 Å². The van der Waals surface area contributed by atoms with Crippen LogP contribution >= 0.6 is 0 Å². The zero-order valence-corrected chi connectivity index (χ0v) is 10.5. The topological polar surface area (TPSA) is 58.4 Å². The number of piperidine rings is 1. The van der Waals surface area contributed by atoms with Gasteiger partial charge < -0.3 is 11.1 Å². The number of carbonyl (C=O) groups excluding carboxylic acids is 1. The molecule has 1 heterocycles. The number of nitrogens with zero attached hydrogens (tertiary/aromatic N) is 1. The summed E-state index contributed by atoms with van der Waals surface area (Å²) in [6, 6.07) is 0.390. The van der Waals surface area contributed by atoms with Crippen LogP contribution in [0.15, 0.2) is 0 Å². The second-order valence-corrected chi connectivity index (χ2v) is 4.54. The van der Waals surface area contributed by atoms with Crippen molar-refractivity contribution in [3.05, 3.63) is 0 Å². The smallest absolute Gasteiger partial charge is 0.234 e. The van der Waals surface area contributed by atoms with Gasteiger partial charge in [-0.2, -0.15) is 0 Å². The molecule has 1 aliphatic rings. The molecule has 0 aromatic carbocycles. The minimum absolute atomic E-state index is 0.123. The second-order valence-electron chi connectivity index (χ2n) is 4.54. The molecule has 16 heavy (non-hydrogen) atoms. The van der Waals surface area contributed by atoms with Gasteiger partial charge in [0.2, 0.25) is 5.91 Å². The lowest BCUT2D eigenvalue weighted by molar-refractivity contribution is -0.123. The normalized spacial score (nSPS) is 26.7. The summed E-state index contributed by atoms with van der Waals surface area (Å²) in [5.74, 6) is 0.783. The average Bonchev–Trinajstić information content (AvgIpc) is 2.29. The maximum atomic E-state index is 11.6. The molecule has 0 aromatic rings. The highest BCUT2D eigenvalue weighted by Crippen LogP contribution is 2.25. The van der Waals surface area contributed by atoms with E-state index < -0.39 is 0 Å². The maximum Gasteiger partial charge on any atom is 0.234 e. The molecule has 0 spiro atoms. The standard InChI is InChI=1S/C12H25N3O/c1-3-10-6-5-7-15(11(10)8-13)9-12(16)14-4-2/h10-11H,3-9,13H2,1-2H3,(H,14,16). The van der Waals surface area contributed by atoms with Gasteiger partial charge in [-0.25, -0.2) is 0 Å².